The molecule has 2 heteroatoms. The molecule has 0 spiro atoms. The molecule has 1 aliphatic carbocycles. The summed E-state index contributed by atoms with van der Waals surface area (Å²) in [6, 6.07) is 0. The predicted octanol–water partition coefficient (Wildman–Crippen LogP) is 2.18. The normalized spacial score (nSPS) is 33.9. The molecule has 0 aromatic rings. The van der Waals surface area contributed by atoms with Gasteiger partial charge in [0.15, 0.2) is 0 Å². The quantitative estimate of drug-likeness (QED) is 0.666. The smallest absolute Gasteiger partial charge is 0.0471 e. The van der Waals surface area contributed by atoms with Crippen molar-refractivity contribution in [2.24, 2.45) is 17.1 Å². The highest BCUT2D eigenvalue weighted by molar-refractivity contribution is 4.88. The molecule has 13 heavy (non-hydrogen) atoms. The average molecular weight is 185 g/mol. The van der Waals surface area contributed by atoms with Crippen LogP contribution in [0.5, 0.6) is 0 Å². The Morgan fingerprint density at radius 1 is 1.54 bits per heavy atom. The molecule has 0 amide bonds. The molecule has 1 aliphatic rings. The van der Waals surface area contributed by atoms with Crippen LogP contribution in [0.25, 0.3) is 0 Å². The van der Waals surface area contributed by atoms with Gasteiger partial charge in [-0.3, -0.25) is 0 Å². The number of hydrogen-bond donors (Lipinski definition) is 1. The predicted molar refractivity (Wildman–Crippen MR) is 55.6 cm³/mol. The maximum Gasteiger partial charge on any atom is 0.0471 e. The minimum atomic E-state index is 0.411. The third kappa shape index (κ3) is 2.96. The highest BCUT2D eigenvalue weighted by atomic mass is 16.5. The number of ether oxygens (including phenoxy) is 1. The molecule has 2 N–H and O–H groups in total. The SMILES string of the molecule is CCOCCC1(CN)CCC(C)C1. The van der Waals surface area contributed by atoms with Crippen molar-refractivity contribution in [2.75, 3.05) is 19.8 Å². The molecule has 0 aliphatic heterocycles. The first kappa shape index (κ1) is 11.0. The molecule has 78 valence electrons. The monoisotopic (exact) mass is 185 g/mol. The highest BCUT2D eigenvalue weighted by Crippen LogP contribution is 2.43. The first-order valence-corrected chi connectivity index (χ1v) is 5.50. The first-order valence-electron chi connectivity index (χ1n) is 5.50. The van der Waals surface area contributed by atoms with E-state index in [-0.39, 0.29) is 0 Å². The molecule has 2 nitrogen and oxygen atoms in total. The number of hydrogen-bond acceptors (Lipinski definition) is 2. The summed E-state index contributed by atoms with van der Waals surface area (Å²) in [7, 11) is 0. The van der Waals surface area contributed by atoms with E-state index in [1.165, 1.54) is 19.3 Å². The Kier molecular flexibility index (Phi) is 4.20. The van der Waals surface area contributed by atoms with E-state index >= 15 is 0 Å². The third-order valence-electron chi connectivity index (χ3n) is 3.36. The van der Waals surface area contributed by atoms with Gasteiger partial charge in [0.1, 0.15) is 0 Å². The van der Waals surface area contributed by atoms with E-state index in [0.29, 0.717) is 5.41 Å². The molecule has 1 rings (SSSR count). The topological polar surface area (TPSA) is 35.2 Å². The zero-order valence-corrected chi connectivity index (χ0v) is 9.01. The van der Waals surface area contributed by atoms with E-state index in [4.69, 9.17) is 10.5 Å². The Morgan fingerprint density at radius 3 is 2.77 bits per heavy atom. The summed E-state index contributed by atoms with van der Waals surface area (Å²) < 4.78 is 5.40. The van der Waals surface area contributed by atoms with Crippen molar-refractivity contribution in [1.29, 1.82) is 0 Å². The molecule has 1 fully saturated rings. The first-order chi connectivity index (χ1) is 6.22. The second-order valence-electron chi connectivity index (χ2n) is 4.50. The van der Waals surface area contributed by atoms with Gasteiger partial charge in [-0.05, 0) is 44.1 Å². The fourth-order valence-electron chi connectivity index (χ4n) is 2.44. The molecular formula is C11H23NO. The second-order valence-corrected chi connectivity index (χ2v) is 4.50. The van der Waals surface area contributed by atoms with E-state index in [1.807, 2.05) is 6.92 Å². The van der Waals surface area contributed by atoms with Crippen LogP contribution >= 0.6 is 0 Å². The van der Waals surface area contributed by atoms with Crippen molar-refractivity contribution in [3.05, 3.63) is 0 Å². The third-order valence-corrected chi connectivity index (χ3v) is 3.36. The van der Waals surface area contributed by atoms with Gasteiger partial charge in [0.05, 0.1) is 0 Å². The van der Waals surface area contributed by atoms with E-state index in [9.17, 15) is 0 Å². The van der Waals surface area contributed by atoms with Crippen LogP contribution < -0.4 is 5.73 Å². The van der Waals surface area contributed by atoms with Crippen molar-refractivity contribution in [3.8, 4) is 0 Å². The molecule has 0 bridgehead atoms. The molecule has 1 saturated carbocycles. The lowest BCUT2D eigenvalue weighted by Crippen LogP contribution is -2.29. The van der Waals surface area contributed by atoms with Gasteiger partial charge in [-0.25, -0.2) is 0 Å². The second kappa shape index (κ2) is 4.97. The summed E-state index contributed by atoms with van der Waals surface area (Å²) in [6.45, 7) is 6.94. The molecule has 0 aromatic heterocycles. The van der Waals surface area contributed by atoms with Crippen LogP contribution in [-0.2, 0) is 4.74 Å². The van der Waals surface area contributed by atoms with Gasteiger partial charge < -0.3 is 10.5 Å². The summed E-state index contributed by atoms with van der Waals surface area (Å²) in [5, 5.41) is 0. The summed E-state index contributed by atoms with van der Waals surface area (Å²) in [4.78, 5) is 0. The number of nitrogens with two attached hydrogens (primary N) is 1. The van der Waals surface area contributed by atoms with Crippen molar-refractivity contribution < 1.29 is 4.74 Å². The summed E-state index contributed by atoms with van der Waals surface area (Å²) in [6.07, 6.45) is 5.11. The minimum absolute atomic E-state index is 0.411. The van der Waals surface area contributed by atoms with E-state index in [0.717, 1.165) is 32.1 Å². The molecular weight excluding hydrogens is 162 g/mol. The van der Waals surface area contributed by atoms with Crippen LogP contribution in [0.15, 0.2) is 0 Å². The lowest BCUT2D eigenvalue weighted by molar-refractivity contribution is 0.105. The van der Waals surface area contributed by atoms with Crippen LogP contribution in [0, 0.1) is 11.3 Å². The Hall–Kier alpha value is -0.0800. The molecule has 2 unspecified atom stereocenters. The summed E-state index contributed by atoms with van der Waals surface area (Å²) in [5.41, 5.74) is 6.27. The van der Waals surface area contributed by atoms with Crippen LogP contribution in [-0.4, -0.2) is 19.8 Å². The van der Waals surface area contributed by atoms with Crippen LogP contribution in [0.3, 0.4) is 0 Å². The van der Waals surface area contributed by atoms with Gasteiger partial charge >= 0.3 is 0 Å². The Bertz CT molecular complexity index is 149. The van der Waals surface area contributed by atoms with E-state index in [2.05, 4.69) is 6.92 Å². The fourth-order valence-corrected chi connectivity index (χ4v) is 2.44. The van der Waals surface area contributed by atoms with Gasteiger partial charge in [-0.2, -0.15) is 0 Å². The molecule has 0 aromatic carbocycles. The zero-order chi connectivity index (χ0) is 9.73. The summed E-state index contributed by atoms with van der Waals surface area (Å²) in [5.74, 6) is 0.866. The van der Waals surface area contributed by atoms with Gasteiger partial charge in [-0.15, -0.1) is 0 Å². The van der Waals surface area contributed by atoms with Gasteiger partial charge in [-0.1, -0.05) is 13.3 Å². The highest BCUT2D eigenvalue weighted by Gasteiger charge is 2.35. The van der Waals surface area contributed by atoms with Crippen molar-refractivity contribution in [1.82, 2.24) is 0 Å². The number of rotatable bonds is 5. The zero-order valence-electron chi connectivity index (χ0n) is 9.01. The maximum atomic E-state index is 5.86. The Labute approximate surface area is 81.8 Å². The molecule has 0 saturated heterocycles. The van der Waals surface area contributed by atoms with Gasteiger partial charge in [0.25, 0.3) is 0 Å². The Morgan fingerprint density at radius 2 is 2.31 bits per heavy atom. The van der Waals surface area contributed by atoms with Crippen molar-refractivity contribution in [2.45, 2.75) is 39.5 Å². The fraction of sp³-hybridized carbons (Fsp3) is 1.00. The molecule has 2 atom stereocenters. The lowest BCUT2D eigenvalue weighted by Gasteiger charge is -2.27. The van der Waals surface area contributed by atoms with Gasteiger partial charge in [0, 0.05) is 13.2 Å². The molecule has 0 heterocycles. The van der Waals surface area contributed by atoms with Crippen molar-refractivity contribution in [3.63, 3.8) is 0 Å². The van der Waals surface area contributed by atoms with Crippen LogP contribution in [0.1, 0.15) is 39.5 Å². The van der Waals surface area contributed by atoms with Crippen LogP contribution in [0.4, 0.5) is 0 Å². The largest absolute Gasteiger partial charge is 0.382 e. The van der Waals surface area contributed by atoms with Crippen molar-refractivity contribution >= 4 is 0 Å². The van der Waals surface area contributed by atoms with Gasteiger partial charge in [0.2, 0.25) is 0 Å². The molecule has 0 radical (unpaired) electrons. The standard InChI is InChI=1S/C11H23NO/c1-3-13-7-6-11(9-12)5-4-10(2)8-11/h10H,3-9,12H2,1-2H3. The van der Waals surface area contributed by atoms with E-state index in [1.54, 1.807) is 0 Å². The lowest BCUT2D eigenvalue weighted by atomic mass is 9.82. The van der Waals surface area contributed by atoms with Crippen LogP contribution in [0.2, 0.25) is 0 Å². The summed E-state index contributed by atoms with van der Waals surface area (Å²) >= 11 is 0. The maximum absolute atomic E-state index is 5.86. The average Bonchev–Trinajstić information content (AvgIpc) is 2.49. The minimum Gasteiger partial charge on any atom is -0.382 e. The van der Waals surface area contributed by atoms with E-state index < -0.39 is 0 Å². The Balaban J connectivity index is 2.32.